The molecule has 0 N–H and O–H groups in total. The lowest BCUT2D eigenvalue weighted by Crippen LogP contribution is -2.22. The second-order valence-electron chi connectivity index (χ2n) is 4.68. The van der Waals surface area contributed by atoms with Crippen LogP contribution < -0.4 is 4.74 Å². The van der Waals surface area contributed by atoms with E-state index in [0.29, 0.717) is 0 Å². The zero-order valence-electron chi connectivity index (χ0n) is 11.7. The summed E-state index contributed by atoms with van der Waals surface area (Å²) in [7, 11) is 1.59. The topological polar surface area (TPSA) is 70.2 Å². The highest BCUT2D eigenvalue weighted by Crippen LogP contribution is 2.23. The third-order valence-corrected chi connectivity index (χ3v) is 3.16. The second-order valence-corrected chi connectivity index (χ2v) is 4.68. The molecule has 1 heterocycles. The molecule has 2 aromatic rings. The average molecular weight is 275 g/mol. The van der Waals surface area contributed by atoms with Crippen LogP contribution in [0.4, 0.5) is 0 Å². The summed E-state index contributed by atoms with van der Waals surface area (Å²) in [6, 6.07) is 8.77. The Balaban J connectivity index is 2.40. The third kappa shape index (κ3) is 2.96. The first-order valence-corrected chi connectivity index (χ1v) is 6.29. The smallest absolute Gasteiger partial charge is 0.230 e. The fourth-order valence-electron chi connectivity index (χ4n) is 2.25. The van der Waals surface area contributed by atoms with Crippen molar-refractivity contribution in [3.8, 4) is 5.75 Å². The maximum Gasteiger partial charge on any atom is 0.230 e. The Bertz CT molecular complexity index is 605. The quantitative estimate of drug-likeness (QED) is 0.620. The third-order valence-electron chi connectivity index (χ3n) is 3.16. The van der Waals surface area contributed by atoms with Crippen LogP contribution in [0.15, 0.2) is 30.3 Å². The molecule has 106 valence electrons. The Morgan fingerprint density at radius 3 is 2.45 bits per heavy atom. The summed E-state index contributed by atoms with van der Waals surface area (Å²) in [5, 5.41) is 15.3. The highest BCUT2D eigenvalue weighted by Gasteiger charge is 2.22. The van der Waals surface area contributed by atoms with Crippen molar-refractivity contribution in [3.63, 3.8) is 0 Å². The lowest BCUT2D eigenvalue weighted by Gasteiger charge is -2.16. The fraction of sp³-hybridized carbons (Fsp3) is 0.357. The Hall–Kier alpha value is -2.37. The number of nitro groups is 1. The van der Waals surface area contributed by atoms with Gasteiger partial charge in [-0.2, -0.15) is 5.10 Å². The van der Waals surface area contributed by atoms with Gasteiger partial charge in [0.2, 0.25) is 6.54 Å². The molecule has 0 radical (unpaired) electrons. The van der Waals surface area contributed by atoms with Crippen molar-refractivity contribution in [3.05, 3.63) is 57.4 Å². The maximum absolute atomic E-state index is 10.9. The summed E-state index contributed by atoms with van der Waals surface area (Å²) in [6.07, 6.45) is 0. The minimum absolute atomic E-state index is 0.200. The van der Waals surface area contributed by atoms with E-state index in [1.807, 2.05) is 32.0 Å². The number of nitrogens with zero attached hydrogens (tertiary/aromatic N) is 3. The van der Waals surface area contributed by atoms with Gasteiger partial charge in [-0.25, -0.2) is 0 Å². The second kappa shape index (κ2) is 5.73. The molecule has 0 saturated heterocycles. The fourth-order valence-corrected chi connectivity index (χ4v) is 2.25. The van der Waals surface area contributed by atoms with Gasteiger partial charge in [0.05, 0.1) is 12.8 Å². The van der Waals surface area contributed by atoms with E-state index in [2.05, 4.69) is 5.10 Å². The summed E-state index contributed by atoms with van der Waals surface area (Å²) in [4.78, 5) is 10.6. The van der Waals surface area contributed by atoms with Gasteiger partial charge in [-0.05, 0) is 37.6 Å². The molecule has 6 nitrogen and oxygen atoms in total. The highest BCUT2D eigenvalue weighted by atomic mass is 16.6. The van der Waals surface area contributed by atoms with Crippen LogP contribution in [0.25, 0.3) is 0 Å². The molecule has 0 saturated carbocycles. The Morgan fingerprint density at radius 1 is 1.35 bits per heavy atom. The Kier molecular flexibility index (Phi) is 4.02. The van der Waals surface area contributed by atoms with Crippen molar-refractivity contribution in [1.29, 1.82) is 0 Å². The number of hydrogen-bond acceptors (Lipinski definition) is 4. The first-order chi connectivity index (χ1) is 9.51. The summed E-state index contributed by atoms with van der Waals surface area (Å²) in [6.45, 7) is 3.57. The van der Waals surface area contributed by atoms with Crippen molar-refractivity contribution < 1.29 is 9.66 Å². The molecular formula is C14H17N3O3. The maximum atomic E-state index is 10.9. The number of aryl methyl sites for hydroxylation is 2. The van der Waals surface area contributed by atoms with E-state index < -0.39 is 6.04 Å². The van der Waals surface area contributed by atoms with Crippen molar-refractivity contribution in [2.45, 2.75) is 19.9 Å². The van der Waals surface area contributed by atoms with E-state index in [1.165, 1.54) is 0 Å². The molecule has 0 aliphatic carbocycles. The number of hydrogen-bond donors (Lipinski definition) is 0. The van der Waals surface area contributed by atoms with Gasteiger partial charge in [-0.15, -0.1) is 0 Å². The van der Waals surface area contributed by atoms with E-state index >= 15 is 0 Å². The molecule has 0 aliphatic rings. The van der Waals surface area contributed by atoms with Crippen LogP contribution in [0.3, 0.4) is 0 Å². The molecule has 0 aliphatic heterocycles. The van der Waals surface area contributed by atoms with Crippen LogP contribution in [-0.4, -0.2) is 28.4 Å². The van der Waals surface area contributed by atoms with Gasteiger partial charge in [0.25, 0.3) is 0 Å². The van der Waals surface area contributed by atoms with Gasteiger partial charge in [-0.1, -0.05) is 12.1 Å². The average Bonchev–Trinajstić information content (AvgIpc) is 2.75. The van der Waals surface area contributed by atoms with E-state index in [-0.39, 0.29) is 11.5 Å². The lowest BCUT2D eigenvalue weighted by atomic mass is 10.1. The standard InChI is InChI=1S/C14H17N3O3/c1-10-8-11(2)17(15-10)14(9-16(18)19)12-4-6-13(20-3)7-5-12/h4-8,14H,9H2,1-3H3/t14-/m0/s1. The number of benzene rings is 1. The normalized spacial score (nSPS) is 12.2. The van der Waals surface area contributed by atoms with Gasteiger partial charge in [0.1, 0.15) is 11.8 Å². The molecule has 0 bridgehead atoms. The lowest BCUT2D eigenvalue weighted by molar-refractivity contribution is -0.484. The van der Waals surface area contributed by atoms with E-state index in [4.69, 9.17) is 4.74 Å². The molecule has 0 unspecified atom stereocenters. The summed E-state index contributed by atoms with van der Waals surface area (Å²) >= 11 is 0. The monoisotopic (exact) mass is 275 g/mol. The SMILES string of the molecule is COc1ccc([C@H](C[N+](=O)[O-])n2nc(C)cc2C)cc1. The van der Waals surface area contributed by atoms with Gasteiger partial charge in [-0.3, -0.25) is 14.8 Å². The van der Waals surface area contributed by atoms with E-state index in [9.17, 15) is 10.1 Å². The van der Waals surface area contributed by atoms with Crippen LogP contribution in [0, 0.1) is 24.0 Å². The summed E-state index contributed by atoms with van der Waals surface area (Å²) in [5.41, 5.74) is 2.60. The van der Waals surface area contributed by atoms with Crippen molar-refractivity contribution in [2.75, 3.05) is 13.7 Å². The molecule has 1 aromatic carbocycles. The first kappa shape index (κ1) is 14.0. The molecule has 2 rings (SSSR count). The Morgan fingerprint density at radius 2 is 2.00 bits per heavy atom. The van der Waals surface area contributed by atoms with Gasteiger partial charge in [0.15, 0.2) is 0 Å². The molecule has 1 aromatic heterocycles. The van der Waals surface area contributed by atoms with Crippen molar-refractivity contribution in [1.82, 2.24) is 9.78 Å². The van der Waals surface area contributed by atoms with Gasteiger partial charge < -0.3 is 4.74 Å². The zero-order valence-corrected chi connectivity index (χ0v) is 11.7. The van der Waals surface area contributed by atoms with Gasteiger partial charge in [0, 0.05) is 10.6 Å². The molecule has 0 spiro atoms. The predicted octanol–water partition coefficient (Wildman–Crippen LogP) is 2.37. The summed E-state index contributed by atoms with van der Waals surface area (Å²) in [5.74, 6) is 0.724. The van der Waals surface area contributed by atoms with Crippen LogP contribution in [-0.2, 0) is 0 Å². The summed E-state index contributed by atoms with van der Waals surface area (Å²) < 4.78 is 6.82. The Labute approximate surface area is 117 Å². The van der Waals surface area contributed by atoms with Crippen LogP contribution in [0.1, 0.15) is 23.0 Å². The van der Waals surface area contributed by atoms with E-state index in [0.717, 1.165) is 22.7 Å². The first-order valence-electron chi connectivity index (χ1n) is 6.29. The minimum atomic E-state index is -0.412. The van der Waals surface area contributed by atoms with Gasteiger partial charge >= 0.3 is 0 Å². The minimum Gasteiger partial charge on any atom is -0.497 e. The van der Waals surface area contributed by atoms with Crippen molar-refractivity contribution >= 4 is 0 Å². The van der Waals surface area contributed by atoms with Crippen LogP contribution in [0.5, 0.6) is 5.75 Å². The van der Waals surface area contributed by atoms with Crippen LogP contribution in [0.2, 0.25) is 0 Å². The molecule has 0 fully saturated rings. The number of aromatic nitrogens is 2. The molecule has 20 heavy (non-hydrogen) atoms. The highest BCUT2D eigenvalue weighted by molar-refractivity contribution is 5.30. The number of ether oxygens (including phenoxy) is 1. The molecular weight excluding hydrogens is 258 g/mol. The largest absolute Gasteiger partial charge is 0.497 e. The number of rotatable bonds is 5. The molecule has 1 atom stereocenters. The predicted molar refractivity (Wildman–Crippen MR) is 74.7 cm³/mol. The number of methoxy groups -OCH3 is 1. The van der Waals surface area contributed by atoms with Crippen LogP contribution >= 0.6 is 0 Å². The zero-order chi connectivity index (χ0) is 14.7. The van der Waals surface area contributed by atoms with E-state index in [1.54, 1.807) is 23.9 Å². The molecule has 0 amide bonds. The molecule has 6 heteroatoms. The van der Waals surface area contributed by atoms with Crippen molar-refractivity contribution in [2.24, 2.45) is 0 Å².